The summed E-state index contributed by atoms with van der Waals surface area (Å²) in [6.07, 6.45) is 0. The maximum atomic E-state index is 11.3. The van der Waals surface area contributed by atoms with Gasteiger partial charge in [-0.05, 0) is 30.9 Å². The zero-order chi connectivity index (χ0) is 11.3. The molecule has 1 aromatic rings. The van der Waals surface area contributed by atoms with Crippen molar-refractivity contribution in [2.75, 3.05) is 11.1 Å². The van der Waals surface area contributed by atoms with E-state index in [1.807, 2.05) is 24.3 Å². The number of rotatable bonds is 4. The molecule has 0 saturated heterocycles. The van der Waals surface area contributed by atoms with E-state index in [4.69, 9.17) is 5.73 Å². The maximum absolute atomic E-state index is 11.3. The molecule has 1 amide bonds. The average molecular weight is 261 g/mol. The molecule has 0 unspecified atom stereocenters. The van der Waals surface area contributed by atoms with Crippen molar-refractivity contribution in [2.24, 2.45) is 5.73 Å². The molecule has 16 heavy (non-hydrogen) atoms. The summed E-state index contributed by atoms with van der Waals surface area (Å²) in [7, 11) is 0. The summed E-state index contributed by atoms with van der Waals surface area (Å²) in [5.41, 5.74) is 6.26. The van der Waals surface area contributed by atoms with Crippen molar-refractivity contribution in [1.82, 2.24) is 0 Å². The van der Waals surface area contributed by atoms with Gasteiger partial charge in [-0.15, -0.1) is 24.2 Å². The van der Waals surface area contributed by atoms with Crippen LogP contribution in [0, 0.1) is 0 Å². The third-order valence-electron chi connectivity index (χ3n) is 1.83. The Morgan fingerprint density at radius 1 is 1.56 bits per heavy atom. The lowest BCUT2D eigenvalue weighted by Gasteiger charge is -2.08. The van der Waals surface area contributed by atoms with Crippen molar-refractivity contribution in [1.29, 1.82) is 0 Å². The maximum Gasteiger partial charge on any atom is 0.240 e. The molecule has 1 rings (SSSR count). The Balaban J connectivity index is 0.00000225. The molecule has 0 aliphatic carbocycles. The molecule has 3 nitrogen and oxygen atoms in total. The van der Waals surface area contributed by atoms with E-state index >= 15 is 0 Å². The van der Waals surface area contributed by atoms with E-state index in [9.17, 15) is 4.79 Å². The van der Waals surface area contributed by atoms with Crippen LogP contribution in [0.25, 0.3) is 0 Å². The number of benzene rings is 1. The van der Waals surface area contributed by atoms with Crippen LogP contribution in [0.5, 0.6) is 0 Å². The number of halogens is 1. The van der Waals surface area contributed by atoms with Gasteiger partial charge in [0, 0.05) is 10.6 Å². The highest BCUT2D eigenvalue weighted by Crippen LogP contribution is 2.21. The summed E-state index contributed by atoms with van der Waals surface area (Å²) in [5.74, 6) is 0.860. The van der Waals surface area contributed by atoms with Crippen molar-refractivity contribution in [3.8, 4) is 0 Å². The molecule has 90 valence electrons. The van der Waals surface area contributed by atoms with Crippen LogP contribution in [0.15, 0.2) is 29.2 Å². The van der Waals surface area contributed by atoms with Crippen LogP contribution in [0.3, 0.4) is 0 Å². The molecule has 0 saturated carbocycles. The summed E-state index contributed by atoms with van der Waals surface area (Å²) < 4.78 is 0. The zero-order valence-electron chi connectivity index (χ0n) is 9.40. The predicted molar refractivity (Wildman–Crippen MR) is 72.4 cm³/mol. The number of nitrogens with two attached hydrogens (primary N) is 1. The summed E-state index contributed by atoms with van der Waals surface area (Å²) in [6, 6.07) is 7.28. The number of hydrogen-bond acceptors (Lipinski definition) is 3. The Morgan fingerprint density at radius 2 is 2.25 bits per heavy atom. The number of nitrogens with one attached hydrogen (secondary N) is 1. The van der Waals surface area contributed by atoms with Gasteiger partial charge in [-0.3, -0.25) is 4.79 Å². The fourth-order valence-electron chi connectivity index (χ4n) is 1.09. The van der Waals surface area contributed by atoms with Gasteiger partial charge in [0.15, 0.2) is 0 Å². The fourth-order valence-corrected chi connectivity index (χ4v) is 1.80. The van der Waals surface area contributed by atoms with Crippen LogP contribution in [-0.2, 0) is 4.79 Å². The van der Waals surface area contributed by atoms with Gasteiger partial charge in [0.2, 0.25) is 5.91 Å². The molecule has 0 fully saturated rings. The standard InChI is InChI=1S/C11H16N2OS.ClH/c1-3-15-10-6-4-5-9(7-10)13-11(14)8(2)12;/h4-8H,3,12H2,1-2H3,(H,13,14);1H/t8-;/m1./s1. The van der Waals surface area contributed by atoms with Gasteiger partial charge < -0.3 is 11.1 Å². The van der Waals surface area contributed by atoms with Crippen molar-refractivity contribution in [2.45, 2.75) is 24.8 Å². The molecule has 0 spiro atoms. The first-order chi connectivity index (χ1) is 7.13. The SMILES string of the molecule is CCSc1cccc(NC(=O)[C@@H](C)N)c1.Cl. The Bertz CT molecular complexity index is 345. The van der Waals surface area contributed by atoms with Crippen molar-refractivity contribution >= 4 is 35.8 Å². The highest BCUT2D eigenvalue weighted by molar-refractivity contribution is 7.99. The van der Waals surface area contributed by atoms with Crippen LogP contribution in [-0.4, -0.2) is 17.7 Å². The number of carbonyl (C=O) groups is 1. The topological polar surface area (TPSA) is 55.1 Å². The second-order valence-electron chi connectivity index (χ2n) is 3.24. The van der Waals surface area contributed by atoms with E-state index in [1.54, 1.807) is 18.7 Å². The molecule has 0 radical (unpaired) electrons. The molecule has 0 aliphatic heterocycles. The van der Waals surface area contributed by atoms with Crippen molar-refractivity contribution in [3.05, 3.63) is 24.3 Å². The molecule has 0 aliphatic rings. The zero-order valence-corrected chi connectivity index (χ0v) is 11.0. The number of amides is 1. The normalized spacial score (nSPS) is 11.4. The third kappa shape index (κ3) is 4.88. The van der Waals surface area contributed by atoms with Crippen LogP contribution in [0.2, 0.25) is 0 Å². The highest BCUT2D eigenvalue weighted by Gasteiger charge is 2.07. The molecule has 0 bridgehead atoms. The van der Waals surface area contributed by atoms with Crippen LogP contribution >= 0.6 is 24.2 Å². The molecule has 5 heteroatoms. The minimum Gasteiger partial charge on any atom is -0.325 e. The quantitative estimate of drug-likeness (QED) is 0.818. The van der Waals surface area contributed by atoms with Gasteiger partial charge in [-0.1, -0.05) is 13.0 Å². The molecular weight excluding hydrogens is 244 g/mol. The molecule has 0 heterocycles. The molecule has 1 atom stereocenters. The lowest BCUT2D eigenvalue weighted by Crippen LogP contribution is -2.32. The second kappa shape index (κ2) is 7.54. The number of carbonyl (C=O) groups excluding carboxylic acids is 1. The monoisotopic (exact) mass is 260 g/mol. The number of hydrogen-bond donors (Lipinski definition) is 2. The lowest BCUT2D eigenvalue weighted by molar-refractivity contribution is -0.117. The Hall–Kier alpha value is -0.710. The van der Waals surface area contributed by atoms with Gasteiger partial charge in [-0.2, -0.15) is 0 Å². The van der Waals surface area contributed by atoms with E-state index < -0.39 is 6.04 Å². The van der Waals surface area contributed by atoms with Crippen molar-refractivity contribution < 1.29 is 4.79 Å². The fraction of sp³-hybridized carbons (Fsp3) is 0.364. The van der Waals surface area contributed by atoms with E-state index in [0.717, 1.165) is 16.3 Å². The smallest absolute Gasteiger partial charge is 0.240 e. The Morgan fingerprint density at radius 3 is 2.81 bits per heavy atom. The van der Waals surface area contributed by atoms with Crippen LogP contribution in [0.1, 0.15) is 13.8 Å². The highest BCUT2D eigenvalue weighted by atomic mass is 35.5. The first-order valence-electron chi connectivity index (χ1n) is 4.92. The Labute approximate surface area is 107 Å². The molecule has 1 aromatic carbocycles. The lowest BCUT2D eigenvalue weighted by atomic mass is 10.3. The van der Waals surface area contributed by atoms with E-state index in [0.29, 0.717) is 0 Å². The van der Waals surface area contributed by atoms with E-state index in [1.165, 1.54) is 0 Å². The molecular formula is C11H17ClN2OS. The summed E-state index contributed by atoms with van der Waals surface area (Å²) in [6.45, 7) is 3.76. The van der Waals surface area contributed by atoms with Crippen molar-refractivity contribution in [3.63, 3.8) is 0 Å². The summed E-state index contributed by atoms with van der Waals surface area (Å²) in [5, 5.41) is 2.76. The van der Waals surface area contributed by atoms with Crippen LogP contribution < -0.4 is 11.1 Å². The number of anilines is 1. The summed E-state index contributed by atoms with van der Waals surface area (Å²) >= 11 is 1.74. The molecule has 0 aromatic heterocycles. The van der Waals surface area contributed by atoms with E-state index in [2.05, 4.69) is 12.2 Å². The third-order valence-corrected chi connectivity index (χ3v) is 2.70. The van der Waals surface area contributed by atoms with Gasteiger partial charge in [0.25, 0.3) is 0 Å². The largest absolute Gasteiger partial charge is 0.325 e. The van der Waals surface area contributed by atoms with Gasteiger partial charge in [0.05, 0.1) is 6.04 Å². The van der Waals surface area contributed by atoms with Crippen LogP contribution in [0.4, 0.5) is 5.69 Å². The van der Waals surface area contributed by atoms with Gasteiger partial charge in [0.1, 0.15) is 0 Å². The second-order valence-corrected chi connectivity index (χ2v) is 4.58. The first kappa shape index (κ1) is 15.3. The van der Waals surface area contributed by atoms with Gasteiger partial charge >= 0.3 is 0 Å². The first-order valence-corrected chi connectivity index (χ1v) is 5.91. The molecule has 3 N–H and O–H groups in total. The van der Waals surface area contributed by atoms with E-state index in [-0.39, 0.29) is 18.3 Å². The minimum absolute atomic E-state index is 0. The predicted octanol–water partition coefficient (Wildman–Crippen LogP) is 2.51. The van der Waals surface area contributed by atoms with Gasteiger partial charge in [-0.25, -0.2) is 0 Å². The number of thioether (sulfide) groups is 1. The summed E-state index contributed by atoms with van der Waals surface area (Å²) in [4.78, 5) is 12.5. The Kier molecular flexibility index (Phi) is 7.21. The average Bonchev–Trinajstić information content (AvgIpc) is 2.18. The minimum atomic E-state index is -0.479.